The van der Waals surface area contributed by atoms with Gasteiger partial charge in [0.2, 0.25) is 0 Å². The van der Waals surface area contributed by atoms with Gasteiger partial charge in [-0.2, -0.15) is 0 Å². The molecule has 4 heterocycles. The van der Waals surface area contributed by atoms with Gasteiger partial charge in [-0.1, -0.05) is 27.7 Å². The molecule has 18 atom stereocenters. The number of ether oxygens (including phenoxy) is 8. The molecule has 0 bridgehead atoms. The first kappa shape index (κ1) is 55.7. The smallest absolute Gasteiger partial charge is 0.311 e. The third-order valence-corrected chi connectivity index (χ3v) is 15.2. The standard InChI is InChI=1S/C48H88N4O13/c1-18-36-48(11,57)41(55)30(4)39(54)28(2)26-46(9,58-16)42(65-45-38(50(14)15)35(25-29(3)60-45)52-23-21-51(22-24-52)20-19-49(12)13)31(5)40(32(6)44(56)63-36)64-37-27-47(10,59-17)43(33(7)61-37)62-34(8)53/h28-33,35-38,40-43,45,55,57H,18-27H2,1-17H3/t28-,29-,30+,31+,32-,33+,35-,36-,37+,38+,40+,41-,42-,43+,45+,46+,47-,48-/m1/s1. The molecular weight excluding hydrogens is 841 g/mol. The predicted molar refractivity (Wildman–Crippen MR) is 245 cm³/mol. The van der Waals surface area contributed by atoms with Crippen LogP contribution in [0.5, 0.6) is 0 Å². The quantitative estimate of drug-likeness (QED) is 0.257. The van der Waals surface area contributed by atoms with E-state index in [9.17, 15) is 24.6 Å². The number of likely N-dealkylation sites (N-methyl/N-ethyl adjacent to an activating group) is 2. The molecular formula is C48H88N4O13. The summed E-state index contributed by atoms with van der Waals surface area (Å²) in [5, 5.41) is 23.5. The minimum absolute atomic E-state index is 0.0916. The maximum atomic E-state index is 14.6. The molecule has 17 heteroatoms. The van der Waals surface area contributed by atoms with E-state index in [4.69, 9.17) is 37.9 Å². The molecule has 4 rings (SSSR count). The maximum absolute atomic E-state index is 14.6. The van der Waals surface area contributed by atoms with Crippen LogP contribution in [-0.4, -0.2) is 213 Å². The van der Waals surface area contributed by atoms with Crippen molar-refractivity contribution < 1.29 is 62.5 Å². The molecule has 0 saturated carbocycles. The average molecular weight is 929 g/mol. The van der Waals surface area contributed by atoms with Crippen LogP contribution in [0.3, 0.4) is 0 Å². The number of nitrogens with zero attached hydrogens (tertiary/aromatic N) is 4. The Labute approximate surface area is 390 Å². The van der Waals surface area contributed by atoms with Gasteiger partial charge in [0.05, 0.1) is 48.1 Å². The van der Waals surface area contributed by atoms with E-state index >= 15 is 0 Å². The van der Waals surface area contributed by atoms with E-state index in [-0.39, 0.29) is 43.2 Å². The highest BCUT2D eigenvalue weighted by Crippen LogP contribution is 2.43. The summed E-state index contributed by atoms with van der Waals surface area (Å²) in [4.78, 5) is 50.6. The number of rotatable bonds is 13. The number of hydrogen-bond acceptors (Lipinski definition) is 17. The molecule has 0 amide bonds. The number of Topliss-reactive ketones (excluding diaryl/α,β-unsaturated/α-hetero) is 1. The number of esters is 2. The van der Waals surface area contributed by atoms with Crippen molar-refractivity contribution in [2.45, 2.75) is 186 Å². The van der Waals surface area contributed by atoms with Gasteiger partial charge in [0.25, 0.3) is 0 Å². The highest BCUT2D eigenvalue weighted by Gasteiger charge is 2.55. The fourth-order valence-electron chi connectivity index (χ4n) is 11.1. The van der Waals surface area contributed by atoms with Crippen molar-refractivity contribution in [3.63, 3.8) is 0 Å². The first-order chi connectivity index (χ1) is 30.2. The van der Waals surface area contributed by atoms with Crippen molar-refractivity contribution in [1.82, 2.24) is 19.6 Å². The van der Waals surface area contributed by atoms with Crippen LogP contribution in [-0.2, 0) is 52.3 Å². The fourth-order valence-corrected chi connectivity index (χ4v) is 11.1. The molecule has 0 aliphatic carbocycles. The number of cyclic esters (lactones) is 1. The average Bonchev–Trinajstić information content (AvgIpc) is 3.24. The van der Waals surface area contributed by atoms with Gasteiger partial charge in [0.1, 0.15) is 23.1 Å². The number of aliphatic hydroxyl groups excluding tert-OH is 1. The number of carbonyl (C=O) groups is 3. The second-order valence-corrected chi connectivity index (χ2v) is 20.9. The molecule has 378 valence electrons. The SMILES string of the molecule is CC[C@H]1OC(=O)[C@H](C)[C@@H](O[C@H]2C[C@@](C)(OC)[C@@H](OC(C)=O)[C@H](C)O2)[C@H](C)[C@@H](O[C@@H]2O[C@H](C)C[C@@H](N3CCN(CCN(C)C)CC3)[C@@H]2N(C)C)[C@@](C)(OC)C[C@@H](C)C(=O)[C@H](C)[C@@H](O)[C@]1(C)O. The second kappa shape index (κ2) is 23.2. The summed E-state index contributed by atoms with van der Waals surface area (Å²) >= 11 is 0. The monoisotopic (exact) mass is 929 g/mol. The molecule has 0 aromatic carbocycles. The van der Waals surface area contributed by atoms with E-state index in [0.29, 0.717) is 0 Å². The normalized spacial score (nSPS) is 43.6. The Bertz CT molecular complexity index is 1550. The Morgan fingerprint density at radius 3 is 2.00 bits per heavy atom. The van der Waals surface area contributed by atoms with Gasteiger partial charge < -0.3 is 57.9 Å². The van der Waals surface area contributed by atoms with E-state index in [2.05, 4.69) is 40.6 Å². The Kier molecular flexibility index (Phi) is 19.9. The van der Waals surface area contributed by atoms with Crippen LogP contribution in [0.1, 0.15) is 102 Å². The highest BCUT2D eigenvalue weighted by atomic mass is 16.7. The summed E-state index contributed by atoms with van der Waals surface area (Å²) < 4.78 is 52.1. The maximum Gasteiger partial charge on any atom is 0.311 e. The number of piperazine rings is 1. The van der Waals surface area contributed by atoms with Gasteiger partial charge in [0, 0.05) is 90.6 Å². The second-order valence-electron chi connectivity index (χ2n) is 20.9. The molecule has 2 N–H and O–H groups in total. The van der Waals surface area contributed by atoms with Gasteiger partial charge >= 0.3 is 11.9 Å². The van der Waals surface area contributed by atoms with Crippen LogP contribution >= 0.6 is 0 Å². The van der Waals surface area contributed by atoms with Crippen LogP contribution in [0.2, 0.25) is 0 Å². The van der Waals surface area contributed by atoms with E-state index in [1.807, 2.05) is 34.9 Å². The number of carbonyl (C=O) groups excluding carboxylic acids is 3. The first-order valence-corrected chi connectivity index (χ1v) is 24.1. The topological polar surface area (TPSA) is 178 Å². The van der Waals surface area contributed by atoms with Crippen molar-refractivity contribution in [2.24, 2.45) is 23.7 Å². The van der Waals surface area contributed by atoms with Crippen molar-refractivity contribution in [3.8, 4) is 0 Å². The van der Waals surface area contributed by atoms with Crippen molar-refractivity contribution >= 4 is 17.7 Å². The third-order valence-electron chi connectivity index (χ3n) is 15.2. The third kappa shape index (κ3) is 13.1. The zero-order valence-corrected chi connectivity index (χ0v) is 42.9. The molecule has 0 radical (unpaired) electrons. The van der Waals surface area contributed by atoms with Crippen LogP contribution in [0.4, 0.5) is 0 Å². The zero-order chi connectivity index (χ0) is 48.9. The van der Waals surface area contributed by atoms with E-state index in [1.54, 1.807) is 48.8 Å². The molecule has 0 unspecified atom stereocenters. The Morgan fingerprint density at radius 2 is 1.46 bits per heavy atom. The Morgan fingerprint density at radius 1 is 0.862 bits per heavy atom. The fraction of sp³-hybridized carbons (Fsp3) is 0.938. The molecule has 17 nitrogen and oxygen atoms in total. The van der Waals surface area contributed by atoms with Crippen LogP contribution < -0.4 is 0 Å². The lowest BCUT2D eigenvalue weighted by molar-refractivity contribution is -0.315. The Hall–Kier alpha value is -1.87. The van der Waals surface area contributed by atoms with Crippen LogP contribution in [0.25, 0.3) is 0 Å². The van der Waals surface area contributed by atoms with E-state index < -0.39 is 102 Å². The molecule has 0 aromatic heterocycles. The molecule has 4 saturated heterocycles. The highest BCUT2D eigenvalue weighted by molar-refractivity contribution is 5.83. The largest absolute Gasteiger partial charge is 0.459 e. The van der Waals surface area contributed by atoms with Crippen LogP contribution in [0, 0.1) is 23.7 Å². The number of ketones is 1. The van der Waals surface area contributed by atoms with Crippen molar-refractivity contribution in [2.75, 3.05) is 81.7 Å². The van der Waals surface area contributed by atoms with Gasteiger partial charge in [-0.15, -0.1) is 0 Å². The van der Waals surface area contributed by atoms with Crippen molar-refractivity contribution in [3.05, 3.63) is 0 Å². The first-order valence-electron chi connectivity index (χ1n) is 24.1. The summed E-state index contributed by atoms with van der Waals surface area (Å²) in [6.07, 6.45) is -6.60. The summed E-state index contributed by atoms with van der Waals surface area (Å²) in [6, 6.07) is -0.124. The van der Waals surface area contributed by atoms with Gasteiger partial charge in [-0.25, -0.2) is 0 Å². The summed E-state index contributed by atoms with van der Waals surface area (Å²) in [5.41, 5.74) is -4.20. The van der Waals surface area contributed by atoms with E-state index in [0.717, 1.165) is 45.7 Å². The van der Waals surface area contributed by atoms with E-state index in [1.165, 1.54) is 13.8 Å². The van der Waals surface area contributed by atoms with Crippen LogP contribution in [0.15, 0.2) is 0 Å². The lowest BCUT2D eigenvalue weighted by atomic mass is 9.73. The van der Waals surface area contributed by atoms with Gasteiger partial charge in [0.15, 0.2) is 18.7 Å². The lowest BCUT2D eigenvalue weighted by Gasteiger charge is -2.53. The summed E-state index contributed by atoms with van der Waals surface area (Å²) in [6.45, 7) is 24.9. The van der Waals surface area contributed by atoms with Gasteiger partial charge in [-0.3, -0.25) is 24.2 Å². The predicted octanol–water partition coefficient (Wildman–Crippen LogP) is 3.20. The minimum atomic E-state index is -1.97. The minimum Gasteiger partial charge on any atom is -0.459 e. The lowest BCUT2D eigenvalue weighted by Crippen LogP contribution is -2.66. The Balaban J connectivity index is 1.84. The zero-order valence-electron chi connectivity index (χ0n) is 42.9. The number of hydrogen-bond donors (Lipinski definition) is 2. The molecule has 0 spiro atoms. The number of methoxy groups -OCH3 is 2. The summed E-state index contributed by atoms with van der Waals surface area (Å²) in [7, 11) is 11.4. The molecule has 4 aliphatic rings. The molecule has 4 fully saturated rings. The molecule has 65 heavy (non-hydrogen) atoms. The van der Waals surface area contributed by atoms with Crippen molar-refractivity contribution in [1.29, 1.82) is 0 Å². The van der Waals surface area contributed by atoms with Gasteiger partial charge in [-0.05, 0) is 89.0 Å². The summed E-state index contributed by atoms with van der Waals surface area (Å²) in [5.74, 6) is -4.78. The molecule has 0 aromatic rings. The number of aliphatic hydroxyl groups is 2. The molecule has 4 aliphatic heterocycles.